The molecule has 16 heavy (non-hydrogen) atoms. The molecule has 5 nitrogen and oxygen atoms in total. The molecule has 1 rings (SSSR count). The van der Waals surface area contributed by atoms with E-state index in [4.69, 9.17) is 5.11 Å². The molecule has 0 bridgehead atoms. The lowest BCUT2D eigenvalue weighted by Crippen LogP contribution is -2.51. The third-order valence-corrected chi connectivity index (χ3v) is 3.08. The summed E-state index contributed by atoms with van der Waals surface area (Å²) >= 11 is 0. The molecular formula is C11H20N2O3. The van der Waals surface area contributed by atoms with Crippen LogP contribution in [-0.2, 0) is 9.59 Å². The summed E-state index contributed by atoms with van der Waals surface area (Å²) in [6, 6.07) is 0. The molecular weight excluding hydrogens is 208 g/mol. The number of rotatable bonds is 4. The number of carboxylic acid groups (broad SMARTS) is 1. The maximum absolute atomic E-state index is 11.8. The predicted octanol–water partition coefficient (Wildman–Crippen LogP) is 0.261. The van der Waals surface area contributed by atoms with Crippen LogP contribution in [0.3, 0.4) is 0 Å². The largest absolute Gasteiger partial charge is 0.480 e. The number of aliphatic carboxylic acids is 1. The van der Waals surface area contributed by atoms with E-state index in [1.807, 2.05) is 23.6 Å². The number of carbonyl (C=O) groups is 2. The van der Waals surface area contributed by atoms with E-state index < -0.39 is 5.97 Å². The first-order chi connectivity index (χ1) is 7.54. The fraction of sp³-hybridized carbons (Fsp3) is 0.818. The van der Waals surface area contributed by atoms with Crippen molar-refractivity contribution in [3.8, 4) is 0 Å². The van der Waals surface area contributed by atoms with Gasteiger partial charge in [0.1, 0.15) is 0 Å². The number of hydrogen-bond donors (Lipinski definition) is 1. The van der Waals surface area contributed by atoms with Crippen molar-refractivity contribution in [2.24, 2.45) is 5.92 Å². The van der Waals surface area contributed by atoms with Crippen molar-refractivity contribution in [3.05, 3.63) is 0 Å². The van der Waals surface area contributed by atoms with Gasteiger partial charge in [-0.3, -0.25) is 14.5 Å². The van der Waals surface area contributed by atoms with Crippen molar-refractivity contribution in [3.63, 3.8) is 0 Å². The topological polar surface area (TPSA) is 60.9 Å². The molecule has 0 saturated carbocycles. The molecule has 1 aliphatic heterocycles. The van der Waals surface area contributed by atoms with E-state index >= 15 is 0 Å². The molecule has 1 N–H and O–H groups in total. The first-order valence-electron chi connectivity index (χ1n) is 5.77. The fourth-order valence-corrected chi connectivity index (χ4v) is 1.80. The highest BCUT2D eigenvalue weighted by atomic mass is 16.4. The van der Waals surface area contributed by atoms with E-state index in [1.54, 1.807) is 0 Å². The quantitative estimate of drug-likeness (QED) is 0.750. The lowest BCUT2D eigenvalue weighted by molar-refractivity contribution is -0.140. The fourth-order valence-electron chi connectivity index (χ4n) is 1.80. The van der Waals surface area contributed by atoms with Crippen LogP contribution >= 0.6 is 0 Å². The van der Waals surface area contributed by atoms with E-state index in [9.17, 15) is 9.59 Å². The highest BCUT2D eigenvalue weighted by molar-refractivity contribution is 5.78. The zero-order valence-electron chi connectivity index (χ0n) is 9.98. The van der Waals surface area contributed by atoms with Crippen LogP contribution in [0.5, 0.6) is 0 Å². The first kappa shape index (κ1) is 13.0. The van der Waals surface area contributed by atoms with E-state index in [-0.39, 0.29) is 18.4 Å². The van der Waals surface area contributed by atoms with Crippen molar-refractivity contribution < 1.29 is 14.7 Å². The maximum atomic E-state index is 11.8. The maximum Gasteiger partial charge on any atom is 0.317 e. The van der Waals surface area contributed by atoms with E-state index in [0.29, 0.717) is 26.2 Å². The third kappa shape index (κ3) is 3.48. The highest BCUT2D eigenvalue weighted by Gasteiger charge is 2.24. The zero-order valence-corrected chi connectivity index (χ0v) is 9.98. The summed E-state index contributed by atoms with van der Waals surface area (Å²) in [4.78, 5) is 26.1. The third-order valence-electron chi connectivity index (χ3n) is 3.08. The summed E-state index contributed by atoms with van der Waals surface area (Å²) in [5.74, 6) is -0.537. The smallest absolute Gasteiger partial charge is 0.317 e. The molecule has 0 spiro atoms. The summed E-state index contributed by atoms with van der Waals surface area (Å²) in [6.07, 6.45) is 0.855. The molecule has 1 heterocycles. The Hall–Kier alpha value is -1.10. The van der Waals surface area contributed by atoms with Crippen LogP contribution in [0, 0.1) is 5.92 Å². The Balaban J connectivity index is 2.37. The number of piperazine rings is 1. The zero-order chi connectivity index (χ0) is 12.1. The van der Waals surface area contributed by atoms with Gasteiger partial charge in [-0.25, -0.2) is 0 Å². The molecule has 1 saturated heterocycles. The van der Waals surface area contributed by atoms with E-state index in [2.05, 4.69) is 0 Å². The van der Waals surface area contributed by atoms with Gasteiger partial charge >= 0.3 is 5.97 Å². The number of nitrogens with zero attached hydrogens (tertiary/aromatic N) is 2. The predicted molar refractivity (Wildman–Crippen MR) is 60.1 cm³/mol. The Morgan fingerprint density at radius 1 is 1.25 bits per heavy atom. The summed E-state index contributed by atoms with van der Waals surface area (Å²) < 4.78 is 0. The van der Waals surface area contributed by atoms with Gasteiger partial charge in [-0.2, -0.15) is 0 Å². The van der Waals surface area contributed by atoms with Crippen LogP contribution < -0.4 is 0 Å². The van der Waals surface area contributed by atoms with Gasteiger partial charge in [0.15, 0.2) is 0 Å². The Bertz CT molecular complexity index is 260. The molecule has 0 aromatic rings. The summed E-state index contributed by atoms with van der Waals surface area (Å²) in [5, 5.41) is 8.64. The van der Waals surface area contributed by atoms with E-state index in [1.165, 1.54) is 0 Å². The molecule has 5 heteroatoms. The van der Waals surface area contributed by atoms with Crippen LogP contribution in [0.15, 0.2) is 0 Å². The Kier molecular flexibility index (Phi) is 4.73. The van der Waals surface area contributed by atoms with Crippen molar-refractivity contribution in [1.82, 2.24) is 9.80 Å². The molecule has 1 fully saturated rings. The van der Waals surface area contributed by atoms with Gasteiger partial charge in [-0.15, -0.1) is 0 Å². The van der Waals surface area contributed by atoms with Crippen LogP contribution in [0.4, 0.5) is 0 Å². The van der Waals surface area contributed by atoms with Gasteiger partial charge in [0.25, 0.3) is 0 Å². The number of hydrogen-bond acceptors (Lipinski definition) is 3. The minimum Gasteiger partial charge on any atom is -0.480 e. The molecule has 92 valence electrons. The number of amides is 1. The second-order valence-corrected chi connectivity index (χ2v) is 4.30. The van der Waals surface area contributed by atoms with E-state index in [0.717, 1.165) is 6.42 Å². The summed E-state index contributed by atoms with van der Waals surface area (Å²) in [6.45, 7) is 6.64. The monoisotopic (exact) mass is 228 g/mol. The van der Waals surface area contributed by atoms with Gasteiger partial charge in [0.05, 0.1) is 6.54 Å². The molecule has 1 aliphatic rings. The van der Waals surface area contributed by atoms with Crippen molar-refractivity contribution in [2.45, 2.75) is 20.3 Å². The average molecular weight is 228 g/mol. The molecule has 1 amide bonds. The Morgan fingerprint density at radius 3 is 2.25 bits per heavy atom. The van der Waals surface area contributed by atoms with Gasteiger partial charge in [-0.05, 0) is 6.42 Å². The van der Waals surface area contributed by atoms with Crippen LogP contribution in [-0.4, -0.2) is 59.5 Å². The first-order valence-corrected chi connectivity index (χ1v) is 5.77. The minimum absolute atomic E-state index is 0.0748. The molecule has 1 atom stereocenters. The number of carboxylic acids is 1. The van der Waals surface area contributed by atoms with Crippen LogP contribution in [0.25, 0.3) is 0 Å². The lowest BCUT2D eigenvalue weighted by Gasteiger charge is -2.35. The number of carbonyl (C=O) groups excluding carboxylic acids is 1. The van der Waals surface area contributed by atoms with Gasteiger partial charge in [0, 0.05) is 32.1 Å². The molecule has 1 unspecified atom stereocenters. The van der Waals surface area contributed by atoms with Crippen LogP contribution in [0.1, 0.15) is 20.3 Å². The Labute approximate surface area is 96.0 Å². The molecule has 0 aliphatic carbocycles. The SMILES string of the molecule is CCC(C)C(=O)N1CCN(CC(=O)O)CC1. The highest BCUT2D eigenvalue weighted by Crippen LogP contribution is 2.09. The molecule has 0 radical (unpaired) electrons. The van der Waals surface area contributed by atoms with Gasteiger partial charge in [0.2, 0.25) is 5.91 Å². The average Bonchev–Trinajstić information content (AvgIpc) is 2.27. The second-order valence-electron chi connectivity index (χ2n) is 4.30. The van der Waals surface area contributed by atoms with Crippen molar-refractivity contribution in [2.75, 3.05) is 32.7 Å². The minimum atomic E-state index is -0.804. The lowest BCUT2D eigenvalue weighted by atomic mass is 10.1. The second kappa shape index (κ2) is 5.84. The van der Waals surface area contributed by atoms with Gasteiger partial charge in [-0.1, -0.05) is 13.8 Å². The van der Waals surface area contributed by atoms with Crippen molar-refractivity contribution in [1.29, 1.82) is 0 Å². The summed E-state index contributed by atoms with van der Waals surface area (Å²) in [7, 11) is 0. The molecule has 0 aromatic heterocycles. The van der Waals surface area contributed by atoms with Gasteiger partial charge < -0.3 is 10.0 Å². The van der Waals surface area contributed by atoms with Crippen LogP contribution in [0.2, 0.25) is 0 Å². The normalized spacial score (nSPS) is 19.5. The summed E-state index contributed by atoms with van der Waals surface area (Å²) in [5.41, 5.74) is 0. The Morgan fingerprint density at radius 2 is 1.81 bits per heavy atom. The molecule has 0 aromatic carbocycles. The van der Waals surface area contributed by atoms with Crippen molar-refractivity contribution >= 4 is 11.9 Å². The standard InChI is InChI=1S/C11H20N2O3/c1-3-9(2)11(16)13-6-4-12(5-7-13)8-10(14)15/h9H,3-8H2,1-2H3,(H,14,15).